The first-order valence-electron chi connectivity index (χ1n) is 4.49. The van der Waals surface area contributed by atoms with Crippen LogP contribution in [0.4, 0.5) is 13.2 Å². The highest BCUT2D eigenvalue weighted by Crippen LogP contribution is 2.24. The number of nitrogens with zero attached hydrogens (tertiary/aromatic N) is 1. The molecule has 0 amide bonds. The Bertz CT molecular complexity index is 312. The summed E-state index contributed by atoms with van der Waals surface area (Å²) in [6, 6.07) is 1.14. The number of pyridine rings is 1. The molecule has 78 valence electrons. The largest absolute Gasteiger partial charge is 0.283 e. The molecule has 1 heterocycles. The van der Waals surface area contributed by atoms with Crippen molar-refractivity contribution in [1.82, 2.24) is 4.98 Å². The molecule has 1 nitrogen and oxygen atoms in total. The molecule has 0 spiro atoms. The SMILES string of the molecule is CCC(C)c1cnc(C(F)F)c(F)c1. The predicted octanol–water partition coefficient (Wildman–Crippen LogP) is 3.67. The third-order valence-electron chi connectivity index (χ3n) is 2.28. The van der Waals surface area contributed by atoms with E-state index in [1.165, 1.54) is 6.20 Å². The van der Waals surface area contributed by atoms with Crippen molar-refractivity contribution in [2.24, 2.45) is 0 Å². The van der Waals surface area contributed by atoms with E-state index in [0.29, 0.717) is 5.56 Å². The van der Waals surface area contributed by atoms with Gasteiger partial charge in [-0.3, -0.25) is 4.98 Å². The second-order valence-corrected chi connectivity index (χ2v) is 3.25. The van der Waals surface area contributed by atoms with Gasteiger partial charge in [-0.15, -0.1) is 0 Å². The Kier molecular flexibility index (Phi) is 3.49. The summed E-state index contributed by atoms with van der Waals surface area (Å²) in [6.45, 7) is 3.85. The zero-order valence-electron chi connectivity index (χ0n) is 8.10. The lowest BCUT2D eigenvalue weighted by atomic mass is 10.0. The summed E-state index contributed by atoms with van der Waals surface area (Å²) in [6.07, 6.45) is -0.700. The van der Waals surface area contributed by atoms with E-state index in [2.05, 4.69) is 4.98 Å². The Morgan fingerprint density at radius 2 is 2.07 bits per heavy atom. The van der Waals surface area contributed by atoms with Crippen LogP contribution in [0.5, 0.6) is 0 Å². The fourth-order valence-electron chi connectivity index (χ4n) is 1.13. The zero-order valence-corrected chi connectivity index (χ0v) is 8.10. The third kappa shape index (κ3) is 2.25. The smallest absolute Gasteiger partial charge is 0.252 e. The number of alkyl halides is 2. The monoisotopic (exact) mass is 203 g/mol. The van der Waals surface area contributed by atoms with Gasteiger partial charge in [0.1, 0.15) is 5.69 Å². The highest BCUT2D eigenvalue weighted by atomic mass is 19.3. The van der Waals surface area contributed by atoms with E-state index in [9.17, 15) is 13.2 Å². The summed E-state index contributed by atoms with van der Waals surface area (Å²) in [5.74, 6) is -0.776. The number of aromatic nitrogens is 1. The van der Waals surface area contributed by atoms with Crippen molar-refractivity contribution in [3.8, 4) is 0 Å². The van der Waals surface area contributed by atoms with Gasteiger partial charge in [-0.25, -0.2) is 13.2 Å². The average Bonchev–Trinajstić information content (AvgIpc) is 2.15. The van der Waals surface area contributed by atoms with Crippen molar-refractivity contribution in [3.05, 3.63) is 29.3 Å². The van der Waals surface area contributed by atoms with Gasteiger partial charge in [-0.2, -0.15) is 0 Å². The van der Waals surface area contributed by atoms with Crippen molar-refractivity contribution >= 4 is 0 Å². The standard InChI is InChI=1S/C10H12F3N/c1-3-6(2)7-4-8(11)9(10(12)13)14-5-7/h4-6,10H,3H2,1-2H3. The van der Waals surface area contributed by atoms with Crippen LogP contribution in [0.1, 0.15) is 43.9 Å². The maximum atomic E-state index is 13.1. The maximum Gasteiger partial charge on any atom is 0.283 e. The lowest BCUT2D eigenvalue weighted by Crippen LogP contribution is -2.00. The molecule has 0 fully saturated rings. The van der Waals surface area contributed by atoms with Gasteiger partial charge in [-0.1, -0.05) is 13.8 Å². The van der Waals surface area contributed by atoms with Crippen molar-refractivity contribution in [1.29, 1.82) is 0 Å². The normalized spacial score (nSPS) is 13.3. The van der Waals surface area contributed by atoms with Gasteiger partial charge in [0.2, 0.25) is 0 Å². The van der Waals surface area contributed by atoms with Crippen molar-refractivity contribution in [3.63, 3.8) is 0 Å². The van der Waals surface area contributed by atoms with Crippen molar-refractivity contribution < 1.29 is 13.2 Å². The van der Waals surface area contributed by atoms with Gasteiger partial charge in [0.15, 0.2) is 5.82 Å². The molecule has 0 aliphatic rings. The summed E-state index contributed by atoms with van der Waals surface area (Å²) in [5.41, 5.74) is -0.105. The molecule has 0 aliphatic heterocycles. The molecule has 4 heteroatoms. The summed E-state index contributed by atoms with van der Waals surface area (Å²) >= 11 is 0. The van der Waals surface area contributed by atoms with Crippen LogP contribution in [-0.2, 0) is 0 Å². The van der Waals surface area contributed by atoms with E-state index in [0.717, 1.165) is 12.5 Å². The van der Waals surface area contributed by atoms with Crippen LogP contribution in [-0.4, -0.2) is 4.98 Å². The molecule has 1 rings (SSSR count). The van der Waals surface area contributed by atoms with Crippen molar-refractivity contribution in [2.75, 3.05) is 0 Å². The highest BCUT2D eigenvalue weighted by Gasteiger charge is 2.16. The zero-order chi connectivity index (χ0) is 10.7. The molecule has 1 unspecified atom stereocenters. The summed E-state index contributed by atoms with van der Waals surface area (Å²) in [5, 5.41) is 0. The topological polar surface area (TPSA) is 12.9 Å². The van der Waals surface area contributed by atoms with Crippen molar-refractivity contribution in [2.45, 2.75) is 32.6 Å². The van der Waals surface area contributed by atoms with Gasteiger partial charge >= 0.3 is 0 Å². The number of rotatable bonds is 3. The number of hydrogen-bond acceptors (Lipinski definition) is 1. The summed E-state index contributed by atoms with van der Waals surface area (Å²) < 4.78 is 37.3. The molecule has 0 N–H and O–H groups in total. The minimum absolute atomic E-state index is 0.142. The molecule has 0 bridgehead atoms. The first kappa shape index (κ1) is 11.0. The first-order chi connectivity index (χ1) is 6.56. The van der Waals surface area contributed by atoms with Crippen LogP contribution >= 0.6 is 0 Å². The fourth-order valence-corrected chi connectivity index (χ4v) is 1.13. The second kappa shape index (κ2) is 4.44. The molecule has 0 saturated carbocycles. The number of hydrogen-bond donors (Lipinski definition) is 0. The quantitative estimate of drug-likeness (QED) is 0.730. The molecule has 0 aliphatic carbocycles. The lowest BCUT2D eigenvalue weighted by molar-refractivity contribution is 0.140. The molecule has 14 heavy (non-hydrogen) atoms. The molecule has 1 aromatic heterocycles. The van der Waals surface area contributed by atoms with E-state index in [-0.39, 0.29) is 5.92 Å². The second-order valence-electron chi connectivity index (χ2n) is 3.25. The van der Waals surface area contributed by atoms with Gasteiger partial charge in [0.25, 0.3) is 6.43 Å². The molecule has 0 saturated heterocycles. The lowest BCUT2D eigenvalue weighted by Gasteiger charge is -2.09. The predicted molar refractivity (Wildman–Crippen MR) is 47.9 cm³/mol. The Morgan fingerprint density at radius 1 is 1.43 bits per heavy atom. The van der Waals surface area contributed by atoms with Crippen LogP contribution < -0.4 is 0 Å². The Morgan fingerprint density at radius 3 is 2.50 bits per heavy atom. The molecule has 1 aromatic rings. The van der Waals surface area contributed by atoms with Crippen LogP contribution in [0, 0.1) is 5.82 Å². The maximum absolute atomic E-state index is 13.1. The Labute approximate surface area is 81.0 Å². The number of halogens is 3. The first-order valence-corrected chi connectivity index (χ1v) is 4.49. The van der Waals surface area contributed by atoms with Crippen LogP contribution in [0.2, 0.25) is 0 Å². The van der Waals surface area contributed by atoms with Crippen LogP contribution in [0.15, 0.2) is 12.3 Å². The Hall–Kier alpha value is -1.06. The van der Waals surface area contributed by atoms with E-state index >= 15 is 0 Å². The van der Waals surface area contributed by atoms with Gasteiger partial charge < -0.3 is 0 Å². The van der Waals surface area contributed by atoms with Crippen LogP contribution in [0.3, 0.4) is 0 Å². The summed E-state index contributed by atoms with van der Waals surface area (Å²) in [7, 11) is 0. The van der Waals surface area contributed by atoms with Gasteiger partial charge in [0.05, 0.1) is 0 Å². The van der Waals surface area contributed by atoms with E-state index in [1.807, 2.05) is 13.8 Å². The molecule has 1 atom stereocenters. The molecular weight excluding hydrogens is 191 g/mol. The van der Waals surface area contributed by atoms with E-state index < -0.39 is 17.9 Å². The molecule has 0 aromatic carbocycles. The third-order valence-corrected chi connectivity index (χ3v) is 2.28. The molecule has 0 radical (unpaired) electrons. The highest BCUT2D eigenvalue weighted by molar-refractivity contribution is 5.20. The minimum atomic E-state index is -2.85. The molecular formula is C10H12F3N. The van der Waals surface area contributed by atoms with Crippen LogP contribution in [0.25, 0.3) is 0 Å². The summed E-state index contributed by atoms with van der Waals surface area (Å²) in [4.78, 5) is 3.42. The minimum Gasteiger partial charge on any atom is -0.252 e. The van der Waals surface area contributed by atoms with E-state index in [4.69, 9.17) is 0 Å². The Balaban J connectivity index is 3.00. The van der Waals surface area contributed by atoms with E-state index in [1.54, 1.807) is 0 Å². The average molecular weight is 203 g/mol. The fraction of sp³-hybridized carbons (Fsp3) is 0.500. The van der Waals surface area contributed by atoms with Gasteiger partial charge in [-0.05, 0) is 24.0 Å². The van der Waals surface area contributed by atoms with Gasteiger partial charge in [0, 0.05) is 6.20 Å².